The highest BCUT2D eigenvalue weighted by Crippen LogP contribution is 2.17. The number of fused-ring (bicyclic) bond motifs is 1. The Morgan fingerprint density at radius 3 is 2.75 bits per heavy atom. The Morgan fingerprint density at radius 1 is 1.25 bits per heavy atom. The van der Waals surface area contributed by atoms with Crippen LogP contribution in [-0.4, -0.2) is 21.5 Å². The maximum Gasteiger partial charge on any atom is 0.328 e. The number of thiophene rings is 1. The molecule has 0 unspecified atom stereocenters. The summed E-state index contributed by atoms with van der Waals surface area (Å²) in [4.78, 5) is 39.1. The molecule has 1 aliphatic rings. The Bertz CT molecular complexity index is 812. The van der Waals surface area contributed by atoms with Gasteiger partial charge in [-0.25, -0.2) is 4.79 Å². The summed E-state index contributed by atoms with van der Waals surface area (Å²) in [6.07, 6.45) is 7.79. The minimum atomic E-state index is -0.407. The van der Waals surface area contributed by atoms with Crippen LogP contribution in [0.2, 0.25) is 0 Å². The van der Waals surface area contributed by atoms with E-state index < -0.39 is 5.69 Å². The molecule has 2 N–H and O–H groups in total. The summed E-state index contributed by atoms with van der Waals surface area (Å²) in [5, 5.41) is 4.87. The molecule has 2 aromatic rings. The molecule has 0 spiro atoms. The van der Waals surface area contributed by atoms with Gasteiger partial charge in [0.25, 0.3) is 5.56 Å². The average Bonchev–Trinajstić information content (AvgIpc) is 2.87. The van der Waals surface area contributed by atoms with Crippen LogP contribution in [0.4, 0.5) is 0 Å². The van der Waals surface area contributed by atoms with Crippen molar-refractivity contribution in [1.29, 1.82) is 0 Å². The van der Waals surface area contributed by atoms with Gasteiger partial charge in [-0.05, 0) is 30.7 Å². The second-order valence-corrected chi connectivity index (χ2v) is 7.33. The number of hydrogen-bond donors (Lipinski definition) is 2. The maximum absolute atomic E-state index is 12.3. The number of nitrogens with zero attached hydrogens (tertiary/aromatic N) is 1. The first kappa shape index (κ1) is 17.0. The molecule has 1 saturated carbocycles. The van der Waals surface area contributed by atoms with Gasteiger partial charge in [0.2, 0.25) is 5.91 Å². The topological polar surface area (TPSA) is 84.0 Å². The fraction of sp³-hybridized carbons (Fsp3) is 0.588. The van der Waals surface area contributed by atoms with Crippen molar-refractivity contribution in [3.63, 3.8) is 0 Å². The minimum Gasteiger partial charge on any atom is -0.353 e. The predicted octanol–water partition coefficient (Wildman–Crippen LogP) is 2.37. The maximum atomic E-state index is 12.3. The van der Waals surface area contributed by atoms with Gasteiger partial charge >= 0.3 is 5.69 Å². The summed E-state index contributed by atoms with van der Waals surface area (Å²) in [5.41, 5.74) is -0.0969. The fourth-order valence-corrected chi connectivity index (χ4v) is 4.09. The van der Waals surface area contributed by atoms with Crippen molar-refractivity contribution < 1.29 is 4.79 Å². The second kappa shape index (κ2) is 7.79. The molecule has 0 radical (unpaired) electrons. The molecule has 2 heterocycles. The van der Waals surface area contributed by atoms with E-state index in [-0.39, 0.29) is 24.1 Å². The Morgan fingerprint density at radius 2 is 2.00 bits per heavy atom. The summed E-state index contributed by atoms with van der Waals surface area (Å²) >= 11 is 1.32. The average molecular weight is 349 g/mol. The highest BCUT2D eigenvalue weighted by Gasteiger charge is 2.15. The number of rotatable bonds is 5. The molecule has 0 aromatic carbocycles. The standard InChI is InChI=1S/C17H23N3O3S/c21-14(18-12-6-3-1-2-4-7-12)8-5-10-20-16(22)15-13(9-11-24-15)19-17(20)23/h9,11-12H,1-8,10H2,(H,18,21)(H,19,23). The van der Waals surface area contributed by atoms with Crippen molar-refractivity contribution in [3.8, 4) is 0 Å². The van der Waals surface area contributed by atoms with Crippen LogP contribution in [0.1, 0.15) is 51.4 Å². The Hall–Kier alpha value is -1.89. The lowest BCUT2D eigenvalue weighted by Gasteiger charge is -2.16. The molecule has 1 aliphatic carbocycles. The Balaban J connectivity index is 1.55. The molecule has 7 heteroatoms. The first-order valence-corrected chi connectivity index (χ1v) is 9.53. The molecular formula is C17H23N3O3S. The predicted molar refractivity (Wildman–Crippen MR) is 95.6 cm³/mol. The lowest BCUT2D eigenvalue weighted by atomic mass is 10.1. The van der Waals surface area contributed by atoms with E-state index in [4.69, 9.17) is 0 Å². The summed E-state index contributed by atoms with van der Waals surface area (Å²) < 4.78 is 1.75. The van der Waals surface area contributed by atoms with E-state index in [2.05, 4.69) is 10.3 Å². The first-order valence-electron chi connectivity index (χ1n) is 8.65. The van der Waals surface area contributed by atoms with Gasteiger partial charge in [-0.1, -0.05) is 25.7 Å². The second-order valence-electron chi connectivity index (χ2n) is 6.41. The highest BCUT2D eigenvalue weighted by molar-refractivity contribution is 7.17. The van der Waals surface area contributed by atoms with Gasteiger partial charge in [0.15, 0.2) is 0 Å². The third-order valence-electron chi connectivity index (χ3n) is 4.60. The van der Waals surface area contributed by atoms with E-state index in [9.17, 15) is 14.4 Å². The molecule has 1 fully saturated rings. The van der Waals surface area contributed by atoms with Gasteiger partial charge in [0.1, 0.15) is 4.70 Å². The number of H-pyrrole nitrogens is 1. The van der Waals surface area contributed by atoms with Crippen molar-refractivity contribution in [2.75, 3.05) is 0 Å². The van der Waals surface area contributed by atoms with E-state index >= 15 is 0 Å². The number of aromatic nitrogens is 2. The van der Waals surface area contributed by atoms with Crippen LogP contribution >= 0.6 is 11.3 Å². The number of nitrogens with one attached hydrogen (secondary N) is 2. The first-order chi connectivity index (χ1) is 11.6. The quantitative estimate of drug-likeness (QED) is 0.813. The van der Waals surface area contributed by atoms with Gasteiger partial charge in [0.05, 0.1) is 5.52 Å². The van der Waals surface area contributed by atoms with Crippen LogP contribution in [-0.2, 0) is 11.3 Å². The van der Waals surface area contributed by atoms with E-state index in [1.807, 2.05) is 0 Å². The number of carbonyl (C=O) groups excluding carboxylic acids is 1. The summed E-state index contributed by atoms with van der Waals surface area (Å²) in [7, 11) is 0. The summed E-state index contributed by atoms with van der Waals surface area (Å²) in [6, 6.07) is 2.02. The molecule has 0 atom stereocenters. The number of carbonyl (C=O) groups is 1. The molecule has 0 aliphatic heterocycles. The molecule has 0 bridgehead atoms. The van der Waals surface area contributed by atoms with Gasteiger partial charge in [0, 0.05) is 19.0 Å². The van der Waals surface area contributed by atoms with Crippen LogP contribution in [0.3, 0.4) is 0 Å². The Labute approximate surface area is 143 Å². The molecule has 6 nitrogen and oxygen atoms in total. The number of amides is 1. The monoisotopic (exact) mass is 349 g/mol. The van der Waals surface area contributed by atoms with Crippen molar-refractivity contribution >= 4 is 27.5 Å². The lowest BCUT2D eigenvalue weighted by molar-refractivity contribution is -0.122. The van der Waals surface area contributed by atoms with E-state index in [0.717, 1.165) is 12.8 Å². The fourth-order valence-electron chi connectivity index (χ4n) is 3.30. The molecule has 1 amide bonds. The van der Waals surface area contributed by atoms with Crippen LogP contribution in [0.25, 0.3) is 10.2 Å². The zero-order chi connectivity index (χ0) is 16.9. The third kappa shape index (κ3) is 3.95. The van der Waals surface area contributed by atoms with Crippen molar-refractivity contribution in [1.82, 2.24) is 14.9 Å². The van der Waals surface area contributed by atoms with Gasteiger partial charge in [-0.3, -0.25) is 14.2 Å². The van der Waals surface area contributed by atoms with E-state index in [0.29, 0.717) is 23.1 Å². The normalized spacial score (nSPS) is 16.2. The molecule has 3 rings (SSSR count). The van der Waals surface area contributed by atoms with Crippen molar-refractivity contribution in [2.45, 2.75) is 64.0 Å². The van der Waals surface area contributed by atoms with Crippen LogP contribution in [0, 0.1) is 0 Å². The Kier molecular flexibility index (Phi) is 5.50. The van der Waals surface area contributed by atoms with Gasteiger partial charge in [-0.15, -0.1) is 11.3 Å². The van der Waals surface area contributed by atoms with E-state index in [1.54, 1.807) is 11.4 Å². The van der Waals surface area contributed by atoms with Gasteiger partial charge < -0.3 is 10.3 Å². The molecule has 24 heavy (non-hydrogen) atoms. The number of aromatic amines is 1. The molecule has 2 aromatic heterocycles. The smallest absolute Gasteiger partial charge is 0.328 e. The highest BCUT2D eigenvalue weighted by atomic mass is 32.1. The molecule has 0 saturated heterocycles. The SMILES string of the molecule is O=C(CCCn1c(=O)[nH]c2ccsc2c1=O)NC1CCCCCC1. The minimum absolute atomic E-state index is 0.0172. The largest absolute Gasteiger partial charge is 0.353 e. The van der Waals surface area contributed by atoms with E-state index in [1.165, 1.54) is 41.6 Å². The van der Waals surface area contributed by atoms with Crippen molar-refractivity contribution in [2.24, 2.45) is 0 Å². The van der Waals surface area contributed by atoms with Crippen LogP contribution in [0.5, 0.6) is 0 Å². The van der Waals surface area contributed by atoms with Gasteiger partial charge in [-0.2, -0.15) is 0 Å². The zero-order valence-electron chi connectivity index (χ0n) is 13.7. The zero-order valence-corrected chi connectivity index (χ0v) is 14.5. The molecule has 130 valence electrons. The number of hydrogen-bond acceptors (Lipinski definition) is 4. The third-order valence-corrected chi connectivity index (χ3v) is 5.50. The molecular weight excluding hydrogens is 326 g/mol. The van der Waals surface area contributed by atoms with Crippen molar-refractivity contribution in [3.05, 3.63) is 32.3 Å². The summed E-state index contributed by atoms with van der Waals surface area (Å²) in [6.45, 7) is 0.264. The van der Waals surface area contributed by atoms with Crippen LogP contribution in [0.15, 0.2) is 21.0 Å². The van der Waals surface area contributed by atoms with Crippen LogP contribution < -0.4 is 16.6 Å². The lowest BCUT2D eigenvalue weighted by Crippen LogP contribution is -2.36. The summed E-state index contributed by atoms with van der Waals surface area (Å²) in [5.74, 6) is 0.0172.